The number of carboxylic acids is 1. The average Bonchev–Trinajstić information content (AvgIpc) is 2.34. The Hall–Kier alpha value is -1.30. The van der Waals surface area contributed by atoms with E-state index in [0.29, 0.717) is 20.2 Å². The molecule has 0 amide bonds. The molecule has 4 nitrogen and oxygen atoms in total. The van der Waals surface area contributed by atoms with Gasteiger partial charge in [-0.25, -0.2) is 9.78 Å². The van der Waals surface area contributed by atoms with Gasteiger partial charge in [0, 0.05) is 15.7 Å². The van der Waals surface area contributed by atoms with Crippen LogP contribution in [0.15, 0.2) is 34.9 Å². The van der Waals surface area contributed by atoms with Crippen molar-refractivity contribution in [3.05, 3.63) is 50.5 Å². The normalized spacial score (nSPS) is 10.3. The molecular weight excluding hydrogens is 355 g/mol. The summed E-state index contributed by atoms with van der Waals surface area (Å²) in [6, 6.07) is 6.32. The minimum atomic E-state index is -1.08. The molecule has 0 saturated carbocycles. The van der Waals surface area contributed by atoms with Crippen LogP contribution in [0.3, 0.4) is 0 Å². The van der Waals surface area contributed by atoms with Crippen LogP contribution < -0.4 is 5.32 Å². The third-order valence-corrected chi connectivity index (χ3v) is 3.25. The summed E-state index contributed by atoms with van der Waals surface area (Å²) < 4.78 is 0.581. The van der Waals surface area contributed by atoms with Gasteiger partial charge >= 0.3 is 5.97 Å². The van der Waals surface area contributed by atoms with Gasteiger partial charge in [0.05, 0.1) is 10.7 Å². The van der Waals surface area contributed by atoms with Crippen LogP contribution in [0.4, 0.5) is 11.5 Å². The Kier molecular flexibility index (Phi) is 4.29. The number of hydrogen-bond donors (Lipinski definition) is 2. The molecule has 2 aromatic rings. The number of aromatic nitrogens is 1. The molecule has 1 aromatic carbocycles. The second-order valence-corrected chi connectivity index (χ2v) is 5.36. The fourth-order valence-electron chi connectivity index (χ4n) is 1.42. The Morgan fingerprint density at radius 2 is 2.05 bits per heavy atom. The maximum absolute atomic E-state index is 11.1. The van der Waals surface area contributed by atoms with E-state index in [1.54, 1.807) is 18.2 Å². The maximum atomic E-state index is 11.1. The van der Waals surface area contributed by atoms with E-state index in [4.69, 9.17) is 28.3 Å². The van der Waals surface area contributed by atoms with Crippen LogP contribution in [0.1, 0.15) is 10.4 Å². The highest BCUT2D eigenvalue weighted by atomic mass is 79.9. The van der Waals surface area contributed by atoms with E-state index in [1.165, 1.54) is 12.3 Å². The van der Waals surface area contributed by atoms with Gasteiger partial charge < -0.3 is 10.4 Å². The molecule has 0 saturated heterocycles. The number of benzene rings is 1. The fourth-order valence-corrected chi connectivity index (χ4v) is 2.21. The SMILES string of the molecule is O=C(O)c1cc(Br)cnc1Nc1ccc(Cl)cc1Cl. The molecule has 0 aliphatic heterocycles. The van der Waals surface area contributed by atoms with Crippen molar-refractivity contribution in [1.82, 2.24) is 4.98 Å². The van der Waals surface area contributed by atoms with E-state index in [2.05, 4.69) is 26.2 Å². The van der Waals surface area contributed by atoms with Crippen molar-refractivity contribution in [2.45, 2.75) is 0 Å². The third kappa shape index (κ3) is 3.37. The number of carbonyl (C=O) groups is 1. The first-order chi connectivity index (χ1) is 8.97. The largest absolute Gasteiger partial charge is 0.478 e. The molecule has 0 atom stereocenters. The highest BCUT2D eigenvalue weighted by Crippen LogP contribution is 2.29. The summed E-state index contributed by atoms with van der Waals surface area (Å²) in [6.07, 6.45) is 1.50. The molecule has 0 fully saturated rings. The number of pyridine rings is 1. The van der Waals surface area contributed by atoms with Crippen molar-refractivity contribution >= 4 is 56.6 Å². The van der Waals surface area contributed by atoms with Gasteiger partial charge in [-0.1, -0.05) is 23.2 Å². The Bertz CT molecular complexity index is 650. The van der Waals surface area contributed by atoms with Gasteiger partial charge in [0.1, 0.15) is 11.4 Å². The minimum Gasteiger partial charge on any atom is -0.478 e. The minimum absolute atomic E-state index is 0.0420. The zero-order valence-electron chi connectivity index (χ0n) is 9.32. The predicted molar refractivity (Wildman–Crippen MR) is 78.6 cm³/mol. The first kappa shape index (κ1) is 14.1. The van der Waals surface area contributed by atoms with Gasteiger partial charge in [0.2, 0.25) is 0 Å². The lowest BCUT2D eigenvalue weighted by Crippen LogP contribution is -2.05. The Balaban J connectivity index is 2.40. The van der Waals surface area contributed by atoms with Gasteiger partial charge in [-0.15, -0.1) is 0 Å². The lowest BCUT2D eigenvalue weighted by atomic mass is 10.2. The first-order valence-electron chi connectivity index (χ1n) is 5.08. The highest BCUT2D eigenvalue weighted by Gasteiger charge is 2.13. The van der Waals surface area contributed by atoms with Crippen molar-refractivity contribution < 1.29 is 9.90 Å². The smallest absolute Gasteiger partial charge is 0.339 e. The summed E-state index contributed by atoms with van der Waals surface area (Å²) in [7, 11) is 0. The van der Waals surface area contributed by atoms with Crippen LogP contribution in [-0.2, 0) is 0 Å². The second-order valence-electron chi connectivity index (χ2n) is 3.60. The standard InChI is InChI=1S/C12H7BrCl2N2O2/c13-6-3-8(12(18)19)11(16-5-6)17-10-2-1-7(14)4-9(10)15/h1-5H,(H,16,17)(H,18,19). The van der Waals surface area contributed by atoms with E-state index < -0.39 is 5.97 Å². The number of carboxylic acid groups (broad SMARTS) is 1. The lowest BCUT2D eigenvalue weighted by molar-refractivity contribution is 0.0697. The van der Waals surface area contributed by atoms with Crippen molar-refractivity contribution in [3.8, 4) is 0 Å². The van der Waals surface area contributed by atoms with Crippen molar-refractivity contribution in [2.75, 3.05) is 5.32 Å². The van der Waals surface area contributed by atoms with Crippen LogP contribution in [0.25, 0.3) is 0 Å². The third-order valence-electron chi connectivity index (χ3n) is 2.27. The van der Waals surface area contributed by atoms with Gasteiger partial charge in [-0.05, 0) is 40.2 Å². The number of halogens is 3. The molecule has 2 rings (SSSR count). The molecule has 1 heterocycles. The maximum Gasteiger partial charge on any atom is 0.339 e. The summed E-state index contributed by atoms with van der Waals surface area (Å²) in [5.41, 5.74) is 0.573. The number of nitrogens with zero attached hydrogens (tertiary/aromatic N) is 1. The molecule has 1 aromatic heterocycles. The second kappa shape index (κ2) is 5.77. The number of anilines is 2. The number of hydrogen-bond acceptors (Lipinski definition) is 3. The van der Waals surface area contributed by atoms with E-state index in [9.17, 15) is 4.79 Å². The topological polar surface area (TPSA) is 62.2 Å². The summed E-state index contributed by atoms with van der Waals surface area (Å²) >= 11 is 15.0. The summed E-state index contributed by atoms with van der Waals surface area (Å²) in [5, 5.41) is 12.9. The van der Waals surface area contributed by atoms with Crippen molar-refractivity contribution in [2.24, 2.45) is 0 Å². The zero-order chi connectivity index (χ0) is 14.0. The van der Waals surface area contributed by atoms with Crippen LogP contribution in [0.5, 0.6) is 0 Å². The molecule has 0 radical (unpaired) electrons. The number of rotatable bonds is 3. The van der Waals surface area contributed by atoms with Crippen LogP contribution in [0.2, 0.25) is 10.0 Å². The summed E-state index contributed by atoms with van der Waals surface area (Å²) in [4.78, 5) is 15.2. The quantitative estimate of drug-likeness (QED) is 0.839. The molecule has 0 aliphatic carbocycles. The Labute approximate surface area is 127 Å². The summed E-state index contributed by atoms with van der Waals surface area (Å²) in [6.45, 7) is 0. The Morgan fingerprint density at radius 1 is 1.32 bits per heavy atom. The zero-order valence-corrected chi connectivity index (χ0v) is 12.4. The fraction of sp³-hybridized carbons (Fsp3) is 0. The van der Waals surface area contributed by atoms with E-state index in [1.807, 2.05) is 0 Å². The molecule has 7 heteroatoms. The van der Waals surface area contributed by atoms with E-state index >= 15 is 0 Å². The van der Waals surface area contributed by atoms with Crippen LogP contribution in [-0.4, -0.2) is 16.1 Å². The van der Waals surface area contributed by atoms with Gasteiger partial charge in [-0.3, -0.25) is 0 Å². The molecule has 0 aliphatic rings. The van der Waals surface area contributed by atoms with Gasteiger partial charge in [-0.2, -0.15) is 0 Å². The van der Waals surface area contributed by atoms with Gasteiger partial charge in [0.25, 0.3) is 0 Å². The van der Waals surface area contributed by atoms with Crippen molar-refractivity contribution in [3.63, 3.8) is 0 Å². The molecule has 0 spiro atoms. The molecule has 0 bridgehead atoms. The van der Waals surface area contributed by atoms with Crippen LogP contribution >= 0.6 is 39.1 Å². The molecule has 19 heavy (non-hydrogen) atoms. The molecule has 2 N–H and O–H groups in total. The molecule has 98 valence electrons. The Morgan fingerprint density at radius 3 is 2.68 bits per heavy atom. The van der Waals surface area contributed by atoms with Gasteiger partial charge in [0.15, 0.2) is 0 Å². The molecule has 0 unspecified atom stereocenters. The number of aromatic carboxylic acids is 1. The first-order valence-corrected chi connectivity index (χ1v) is 6.63. The predicted octanol–water partition coefficient (Wildman–Crippen LogP) is 4.59. The average molecular weight is 362 g/mol. The highest BCUT2D eigenvalue weighted by molar-refractivity contribution is 9.10. The van der Waals surface area contributed by atoms with E-state index in [0.717, 1.165) is 0 Å². The summed E-state index contributed by atoms with van der Waals surface area (Å²) in [5.74, 6) is -0.874. The number of nitrogens with one attached hydrogen (secondary N) is 1. The van der Waals surface area contributed by atoms with E-state index in [-0.39, 0.29) is 11.4 Å². The van der Waals surface area contributed by atoms with Crippen molar-refractivity contribution in [1.29, 1.82) is 0 Å². The molecular formula is C12H7BrCl2N2O2. The monoisotopic (exact) mass is 360 g/mol. The van der Waals surface area contributed by atoms with Crippen LogP contribution in [0, 0.1) is 0 Å². The lowest BCUT2D eigenvalue weighted by Gasteiger charge is -2.10.